The lowest BCUT2D eigenvalue weighted by Crippen LogP contribution is -1.99. The van der Waals surface area contributed by atoms with Gasteiger partial charge in [0.2, 0.25) is 0 Å². The second kappa shape index (κ2) is 4.92. The third-order valence-corrected chi connectivity index (χ3v) is 3.01. The first kappa shape index (κ1) is 12.2. The summed E-state index contributed by atoms with van der Waals surface area (Å²) in [6.07, 6.45) is 2.32. The van der Waals surface area contributed by atoms with Gasteiger partial charge >= 0.3 is 0 Å². The number of hydrogen-bond acceptors (Lipinski definition) is 3. The summed E-state index contributed by atoms with van der Waals surface area (Å²) in [5.41, 5.74) is 1.75. The highest BCUT2D eigenvalue weighted by molar-refractivity contribution is 6.05. The first-order valence-electron chi connectivity index (χ1n) is 5.72. The third-order valence-electron chi connectivity index (χ3n) is 3.01. The van der Waals surface area contributed by atoms with Gasteiger partial charge in [0.1, 0.15) is 5.75 Å². The van der Waals surface area contributed by atoms with E-state index in [4.69, 9.17) is 5.21 Å². The number of allylic oxidation sites excluding steroid dienone is 1. The van der Waals surface area contributed by atoms with Gasteiger partial charge < -0.3 is 10.3 Å². The zero-order chi connectivity index (χ0) is 13.1. The Hall–Kier alpha value is -2.29. The average molecular weight is 241 g/mol. The maximum atomic E-state index is 10.3. The van der Waals surface area contributed by atoms with Crippen LogP contribution in [0.2, 0.25) is 0 Å². The fourth-order valence-electron chi connectivity index (χ4n) is 2.09. The summed E-state index contributed by atoms with van der Waals surface area (Å²) in [4.78, 5) is 0. The molecule has 0 saturated carbocycles. The smallest absolute Gasteiger partial charge is 0.128 e. The van der Waals surface area contributed by atoms with Crippen LogP contribution < -0.4 is 0 Å². The number of oxime groups is 1. The quantitative estimate of drug-likeness (QED) is 0.374. The van der Waals surface area contributed by atoms with Crippen molar-refractivity contribution in [2.75, 3.05) is 0 Å². The second-order valence-corrected chi connectivity index (χ2v) is 4.15. The van der Waals surface area contributed by atoms with Crippen molar-refractivity contribution in [1.29, 1.82) is 0 Å². The Morgan fingerprint density at radius 2 is 2.11 bits per heavy atom. The van der Waals surface area contributed by atoms with E-state index in [9.17, 15) is 5.11 Å². The van der Waals surface area contributed by atoms with Crippen molar-refractivity contribution in [2.24, 2.45) is 5.16 Å². The summed E-state index contributed by atoms with van der Waals surface area (Å²) in [5.74, 6) is 0.156. The Morgan fingerprint density at radius 3 is 2.78 bits per heavy atom. The first-order chi connectivity index (χ1) is 8.69. The summed E-state index contributed by atoms with van der Waals surface area (Å²) in [7, 11) is 0. The highest BCUT2D eigenvalue weighted by Gasteiger charge is 2.13. The monoisotopic (exact) mass is 241 g/mol. The first-order valence-corrected chi connectivity index (χ1v) is 5.72. The van der Waals surface area contributed by atoms with Crippen LogP contribution in [0.3, 0.4) is 0 Å². The maximum Gasteiger partial charge on any atom is 0.128 e. The molecule has 0 aliphatic rings. The molecule has 0 unspecified atom stereocenters. The van der Waals surface area contributed by atoms with Crippen molar-refractivity contribution < 1.29 is 10.3 Å². The summed E-state index contributed by atoms with van der Waals surface area (Å²) in [6, 6.07) is 9.62. The van der Waals surface area contributed by atoms with Crippen LogP contribution in [0.1, 0.15) is 18.1 Å². The van der Waals surface area contributed by atoms with Crippen molar-refractivity contribution in [2.45, 2.75) is 13.3 Å². The number of hydrogen-bond donors (Lipinski definition) is 2. The van der Waals surface area contributed by atoms with Gasteiger partial charge in [0.05, 0.1) is 5.71 Å². The van der Waals surface area contributed by atoms with Crippen molar-refractivity contribution in [3.05, 3.63) is 54.1 Å². The summed E-state index contributed by atoms with van der Waals surface area (Å²) in [6.45, 7) is 5.36. The number of rotatable bonds is 3. The molecule has 2 aromatic carbocycles. The molecule has 92 valence electrons. The van der Waals surface area contributed by atoms with Crippen molar-refractivity contribution >= 4 is 16.5 Å². The lowest BCUT2D eigenvalue weighted by atomic mass is 9.95. The molecule has 0 amide bonds. The Bertz CT molecular complexity index is 630. The van der Waals surface area contributed by atoms with Crippen molar-refractivity contribution in [3.63, 3.8) is 0 Å². The van der Waals surface area contributed by atoms with E-state index in [1.165, 1.54) is 0 Å². The largest absolute Gasteiger partial charge is 0.507 e. The minimum atomic E-state index is 0.156. The van der Waals surface area contributed by atoms with E-state index in [0.29, 0.717) is 17.7 Å². The van der Waals surface area contributed by atoms with Gasteiger partial charge in [-0.3, -0.25) is 0 Å². The van der Waals surface area contributed by atoms with Crippen LogP contribution in [0.5, 0.6) is 5.75 Å². The molecule has 3 nitrogen and oxygen atoms in total. The van der Waals surface area contributed by atoms with E-state index in [-0.39, 0.29) is 5.75 Å². The van der Waals surface area contributed by atoms with E-state index in [1.54, 1.807) is 13.0 Å². The molecule has 0 radical (unpaired) electrons. The van der Waals surface area contributed by atoms with Crippen LogP contribution in [-0.2, 0) is 6.42 Å². The molecule has 0 spiro atoms. The molecule has 0 aromatic heterocycles. The minimum absolute atomic E-state index is 0.156. The van der Waals surface area contributed by atoms with E-state index in [0.717, 1.165) is 16.3 Å². The fourth-order valence-corrected chi connectivity index (χ4v) is 2.09. The van der Waals surface area contributed by atoms with E-state index >= 15 is 0 Å². The van der Waals surface area contributed by atoms with Gasteiger partial charge in [-0.05, 0) is 30.2 Å². The molecule has 0 aliphatic heterocycles. The zero-order valence-corrected chi connectivity index (χ0v) is 10.2. The Kier molecular flexibility index (Phi) is 3.33. The minimum Gasteiger partial charge on any atom is -0.507 e. The number of fused-ring (bicyclic) bond motifs is 1. The Morgan fingerprint density at radius 1 is 1.39 bits per heavy atom. The molecular weight excluding hydrogens is 226 g/mol. The topological polar surface area (TPSA) is 52.8 Å². The van der Waals surface area contributed by atoms with Crippen LogP contribution in [-0.4, -0.2) is 16.0 Å². The number of nitrogens with zero attached hydrogens (tertiary/aromatic N) is 1. The normalized spacial score (nSPS) is 11.7. The van der Waals surface area contributed by atoms with Gasteiger partial charge in [0.25, 0.3) is 0 Å². The second-order valence-electron chi connectivity index (χ2n) is 4.15. The number of benzene rings is 2. The molecule has 0 saturated heterocycles. The van der Waals surface area contributed by atoms with E-state index in [2.05, 4.69) is 11.7 Å². The number of phenolic OH excluding ortho intramolecular Hbond substituents is 1. The SMILES string of the molecule is C=CCc1c(O)c(C(C)=NO)cc2ccccc12. The standard InChI is InChI=1S/C15H15NO2/c1-3-6-13-12-8-5-4-7-11(12)9-14(15(13)17)10(2)16-18/h3-5,7-9,17-18H,1,6H2,2H3. The van der Waals surface area contributed by atoms with Crippen molar-refractivity contribution in [1.82, 2.24) is 0 Å². The molecule has 2 aromatic rings. The number of aromatic hydroxyl groups is 1. The van der Waals surface area contributed by atoms with Crippen LogP contribution in [0, 0.1) is 0 Å². The summed E-state index contributed by atoms with van der Waals surface area (Å²) in [5, 5.41) is 24.3. The van der Waals surface area contributed by atoms with Crippen LogP contribution >= 0.6 is 0 Å². The zero-order valence-electron chi connectivity index (χ0n) is 10.2. The lowest BCUT2D eigenvalue weighted by Gasteiger charge is -2.12. The van der Waals surface area contributed by atoms with E-state index < -0.39 is 0 Å². The van der Waals surface area contributed by atoms with Gasteiger partial charge in [-0.1, -0.05) is 35.5 Å². The van der Waals surface area contributed by atoms with Crippen LogP contribution in [0.25, 0.3) is 10.8 Å². The molecule has 0 aliphatic carbocycles. The van der Waals surface area contributed by atoms with Gasteiger partial charge in [0, 0.05) is 11.1 Å². The molecular formula is C15H15NO2. The van der Waals surface area contributed by atoms with Gasteiger partial charge in [-0.25, -0.2) is 0 Å². The van der Waals surface area contributed by atoms with Crippen LogP contribution in [0.4, 0.5) is 0 Å². The van der Waals surface area contributed by atoms with Gasteiger partial charge in [0.15, 0.2) is 0 Å². The molecule has 0 bridgehead atoms. The molecule has 2 N–H and O–H groups in total. The lowest BCUT2D eigenvalue weighted by molar-refractivity contribution is 0.318. The Balaban J connectivity index is 2.83. The summed E-state index contributed by atoms with van der Waals surface area (Å²) < 4.78 is 0. The molecule has 0 fully saturated rings. The average Bonchev–Trinajstić information content (AvgIpc) is 2.41. The number of phenols is 1. The third kappa shape index (κ3) is 1.95. The molecule has 0 atom stereocenters. The Labute approximate surface area is 106 Å². The molecule has 18 heavy (non-hydrogen) atoms. The van der Waals surface area contributed by atoms with Crippen LogP contribution in [0.15, 0.2) is 48.1 Å². The molecule has 0 heterocycles. The predicted octanol–water partition coefficient (Wildman–Crippen LogP) is 3.47. The van der Waals surface area contributed by atoms with Gasteiger partial charge in [-0.15, -0.1) is 6.58 Å². The molecule has 3 heteroatoms. The highest BCUT2D eigenvalue weighted by Crippen LogP contribution is 2.32. The van der Waals surface area contributed by atoms with E-state index in [1.807, 2.05) is 30.3 Å². The van der Waals surface area contributed by atoms with Crippen molar-refractivity contribution in [3.8, 4) is 5.75 Å². The highest BCUT2D eigenvalue weighted by atomic mass is 16.4. The fraction of sp³-hybridized carbons (Fsp3) is 0.133. The summed E-state index contributed by atoms with van der Waals surface area (Å²) >= 11 is 0. The molecule has 2 rings (SSSR count). The maximum absolute atomic E-state index is 10.3. The predicted molar refractivity (Wildman–Crippen MR) is 73.5 cm³/mol. The van der Waals surface area contributed by atoms with Gasteiger partial charge in [-0.2, -0.15) is 0 Å².